The highest BCUT2D eigenvalue weighted by molar-refractivity contribution is 6.30. The van der Waals surface area contributed by atoms with Crippen LogP contribution in [0.5, 0.6) is 0 Å². The molecular formula is C24H20ClF2N3O2. The molecule has 0 unspecified atom stereocenters. The zero-order valence-corrected chi connectivity index (χ0v) is 17.8. The smallest absolute Gasteiger partial charge is 0.322 e. The summed E-state index contributed by atoms with van der Waals surface area (Å²) in [5.41, 5.74) is 2.29. The van der Waals surface area contributed by atoms with Crippen molar-refractivity contribution in [2.45, 2.75) is 13.0 Å². The van der Waals surface area contributed by atoms with Crippen molar-refractivity contribution in [1.29, 1.82) is 0 Å². The van der Waals surface area contributed by atoms with Crippen LogP contribution in [0.1, 0.15) is 22.3 Å². The number of hydrogen-bond donors (Lipinski definition) is 1. The van der Waals surface area contributed by atoms with Crippen LogP contribution in [0.15, 0.2) is 66.7 Å². The maximum Gasteiger partial charge on any atom is 0.324 e. The first kappa shape index (κ1) is 21.8. The van der Waals surface area contributed by atoms with Crippen molar-refractivity contribution in [2.75, 3.05) is 23.3 Å². The molecule has 8 heteroatoms. The number of carbonyl (C=O) groups excluding carboxylic acids is 2. The molecule has 3 aromatic rings. The largest absolute Gasteiger partial charge is 0.324 e. The molecule has 3 aromatic carbocycles. The van der Waals surface area contributed by atoms with Crippen LogP contribution in [0.2, 0.25) is 5.02 Å². The van der Waals surface area contributed by atoms with Crippen molar-refractivity contribution in [2.24, 2.45) is 0 Å². The van der Waals surface area contributed by atoms with Crippen molar-refractivity contribution in [3.63, 3.8) is 0 Å². The third-order valence-electron chi connectivity index (χ3n) is 5.21. The van der Waals surface area contributed by atoms with Crippen LogP contribution in [0, 0.1) is 11.6 Å². The van der Waals surface area contributed by atoms with E-state index in [1.54, 1.807) is 58.3 Å². The zero-order chi connectivity index (χ0) is 22.7. The van der Waals surface area contributed by atoms with Gasteiger partial charge in [-0.05, 0) is 72.6 Å². The van der Waals surface area contributed by atoms with Crippen molar-refractivity contribution in [3.05, 3.63) is 94.5 Å². The lowest BCUT2D eigenvalue weighted by molar-refractivity contribution is 0.102. The van der Waals surface area contributed by atoms with Crippen LogP contribution in [0.4, 0.5) is 25.0 Å². The summed E-state index contributed by atoms with van der Waals surface area (Å²) in [6.07, 6.45) is 0.741. The van der Waals surface area contributed by atoms with Gasteiger partial charge in [0, 0.05) is 41.6 Å². The molecule has 0 radical (unpaired) electrons. The predicted octanol–water partition coefficient (Wildman–Crippen LogP) is 5.70. The van der Waals surface area contributed by atoms with Crippen LogP contribution in [0.3, 0.4) is 0 Å². The van der Waals surface area contributed by atoms with E-state index < -0.39 is 11.6 Å². The Bertz CT molecular complexity index is 1140. The molecule has 1 aliphatic rings. The lowest BCUT2D eigenvalue weighted by atomic mass is 10.1. The van der Waals surface area contributed by atoms with Crippen molar-refractivity contribution in [1.82, 2.24) is 4.90 Å². The van der Waals surface area contributed by atoms with E-state index in [1.165, 1.54) is 6.07 Å². The Morgan fingerprint density at radius 2 is 1.66 bits per heavy atom. The van der Waals surface area contributed by atoms with Gasteiger partial charge < -0.3 is 10.2 Å². The van der Waals surface area contributed by atoms with E-state index in [9.17, 15) is 18.4 Å². The van der Waals surface area contributed by atoms with E-state index in [-0.39, 0.29) is 18.5 Å². The van der Waals surface area contributed by atoms with Gasteiger partial charge in [-0.15, -0.1) is 0 Å². The number of amides is 3. The quantitative estimate of drug-likeness (QED) is 0.536. The molecule has 0 saturated carbocycles. The molecule has 4 rings (SSSR count). The molecule has 0 bridgehead atoms. The Morgan fingerprint density at radius 1 is 0.938 bits per heavy atom. The highest BCUT2D eigenvalue weighted by Gasteiger charge is 2.27. The number of hydrogen-bond acceptors (Lipinski definition) is 2. The van der Waals surface area contributed by atoms with Crippen molar-refractivity contribution >= 4 is 34.9 Å². The normalized spacial score (nSPS) is 13.9. The van der Waals surface area contributed by atoms with E-state index in [0.717, 1.165) is 18.6 Å². The maximum absolute atomic E-state index is 13.5. The fraction of sp³-hybridized carbons (Fsp3) is 0.167. The lowest BCUT2D eigenvalue weighted by Gasteiger charge is -2.35. The van der Waals surface area contributed by atoms with Gasteiger partial charge >= 0.3 is 6.03 Å². The van der Waals surface area contributed by atoms with Gasteiger partial charge in [0.25, 0.3) is 5.91 Å². The lowest BCUT2D eigenvalue weighted by Crippen LogP contribution is -2.49. The van der Waals surface area contributed by atoms with Crippen LogP contribution < -0.4 is 10.2 Å². The standard InChI is InChI=1S/C24H20ClF2N3O2/c25-18-5-3-17(4-6-18)23(31)28-19-7-9-20(10-8-19)30-13-1-12-29(24(30)32)15-16-2-11-21(26)22(27)14-16/h2-11,14H,1,12-13,15H2,(H,28,31). The SMILES string of the molecule is O=C(Nc1ccc(N2CCCN(Cc3ccc(F)c(F)c3)C2=O)cc1)c1ccc(Cl)cc1. The summed E-state index contributed by atoms with van der Waals surface area (Å²) in [5, 5.41) is 3.36. The van der Waals surface area contributed by atoms with Gasteiger partial charge in [-0.3, -0.25) is 9.69 Å². The monoisotopic (exact) mass is 455 g/mol. The molecule has 1 fully saturated rings. The minimum atomic E-state index is -0.931. The van der Waals surface area contributed by atoms with Gasteiger partial charge in [-0.25, -0.2) is 13.6 Å². The molecule has 0 aromatic heterocycles. The van der Waals surface area contributed by atoms with Crippen molar-refractivity contribution < 1.29 is 18.4 Å². The van der Waals surface area contributed by atoms with Gasteiger partial charge in [0.1, 0.15) is 0 Å². The average molecular weight is 456 g/mol. The summed E-state index contributed by atoms with van der Waals surface area (Å²) >= 11 is 5.85. The van der Waals surface area contributed by atoms with Gasteiger partial charge in [-0.1, -0.05) is 17.7 Å². The Balaban J connectivity index is 1.42. The fourth-order valence-electron chi connectivity index (χ4n) is 3.56. The van der Waals surface area contributed by atoms with Crippen LogP contribution in [-0.4, -0.2) is 29.9 Å². The zero-order valence-electron chi connectivity index (χ0n) is 17.0. The predicted molar refractivity (Wildman–Crippen MR) is 120 cm³/mol. The van der Waals surface area contributed by atoms with E-state index in [2.05, 4.69) is 5.32 Å². The highest BCUT2D eigenvalue weighted by Crippen LogP contribution is 2.24. The van der Waals surface area contributed by atoms with Gasteiger partial charge in [-0.2, -0.15) is 0 Å². The summed E-state index contributed by atoms with van der Waals surface area (Å²) in [6, 6.07) is 17.0. The first-order valence-electron chi connectivity index (χ1n) is 10.1. The molecule has 32 heavy (non-hydrogen) atoms. The van der Waals surface area contributed by atoms with Gasteiger partial charge in [0.15, 0.2) is 11.6 Å². The number of carbonyl (C=O) groups is 2. The summed E-state index contributed by atoms with van der Waals surface area (Å²) in [6.45, 7) is 1.27. The van der Waals surface area contributed by atoms with E-state index in [4.69, 9.17) is 11.6 Å². The minimum Gasteiger partial charge on any atom is -0.322 e. The van der Waals surface area contributed by atoms with Crippen LogP contribution >= 0.6 is 11.6 Å². The minimum absolute atomic E-state index is 0.196. The summed E-state index contributed by atoms with van der Waals surface area (Å²) < 4.78 is 26.7. The summed E-state index contributed by atoms with van der Waals surface area (Å²) in [4.78, 5) is 28.5. The number of nitrogens with one attached hydrogen (secondary N) is 1. The van der Waals surface area contributed by atoms with Crippen LogP contribution in [-0.2, 0) is 6.54 Å². The number of urea groups is 1. The van der Waals surface area contributed by atoms with Gasteiger partial charge in [0.2, 0.25) is 0 Å². The Hall–Kier alpha value is -3.45. The van der Waals surface area contributed by atoms with E-state index >= 15 is 0 Å². The van der Waals surface area contributed by atoms with E-state index in [0.29, 0.717) is 40.6 Å². The molecular weight excluding hydrogens is 436 g/mol. The first-order chi connectivity index (χ1) is 15.4. The van der Waals surface area contributed by atoms with E-state index in [1.807, 2.05) is 0 Å². The fourth-order valence-corrected chi connectivity index (χ4v) is 3.68. The molecule has 5 nitrogen and oxygen atoms in total. The topological polar surface area (TPSA) is 52.7 Å². The third-order valence-corrected chi connectivity index (χ3v) is 5.46. The molecule has 164 valence electrons. The molecule has 1 heterocycles. The number of anilines is 2. The number of halogens is 3. The second-order valence-corrected chi connectivity index (χ2v) is 7.90. The molecule has 0 atom stereocenters. The summed E-state index contributed by atoms with van der Waals surface area (Å²) in [5.74, 6) is -2.11. The molecule has 3 amide bonds. The number of rotatable bonds is 5. The highest BCUT2D eigenvalue weighted by atomic mass is 35.5. The Kier molecular flexibility index (Phi) is 6.37. The first-order valence-corrected chi connectivity index (χ1v) is 10.5. The second-order valence-electron chi connectivity index (χ2n) is 7.47. The van der Waals surface area contributed by atoms with Crippen molar-refractivity contribution in [3.8, 4) is 0 Å². The molecule has 0 aliphatic carbocycles. The summed E-state index contributed by atoms with van der Waals surface area (Å²) in [7, 11) is 0. The second kappa shape index (κ2) is 9.36. The number of nitrogens with zero attached hydrogens (tertiary/aromatic N) is 2. The Labute approximate surface area is 189 Å². The molecule has 0 spiro atoms. The Morgan fingerprint density at radius 3 is 2.34 bits per heavy atom. The van der Waals surface area contributed by atoms with Gasteiger partial charge in [0.05, 0.1) is 0 Å². The van der Waals surface area contributed by atoms with Crippen LogP contribution in [0.25, 0.3) is 0 Å². The molecule has 1 N–H and O–H groups in total. The maximum atomic E-state index is 13.5. The number of benzene rings is 3. The third kappa shape index (κ3) is 4.89. The molecule has 1 saturated heterocycles. The molecule has 1 aliphatic heterocycles. The average Bonchev–Trinajstić information content (AvgIpc) is 2.79.